The van der Waals surface area contributed by atoms with Crippen LogP contribution >= 0.6 is 0 Å². The summed E-state index contributed by atoms with van der Waals surface area (Å²) in [6, 6.07) is 4.54. The molecule has 0 fully saturated rings. The van der Waals surface area contributed by atoms with E-state index in [0.717, 1.165) is 0 Å². The molecular formula is C12H16N2O4S. The fourth-order valence-corrected chi connectivity index (χ4v) is 2.67. The Morgan fingerprint density at radius 1 is 1.42 bits per heavy atom. The molecule has 0 aliphatic carbocycles. The fourth-order valence-electron chi connectivity index (χ4n) is 1.40. The average molecular weight is 284 g/mol. The second-order valence-electron chi connectivity index (χ2n) is 3.81. The first kappa shape index (κ1) is 15.5. The minimum atomic E-state index is -3.73. The predicted octanol–water partition coefficient (Wildman–Crippen LogP) is -0.206. The molecule has 0 amide bonds. The zero-order chi connectivity index (χ0) is 14.5. The highest BCUT2D eigenvalue weighted by Gasteiger charge is 2.20. The third-order valence-electron chi connectivity index (χ3n) is 2.07. The van der Waals surface area contributed by atoms with Crippen LogP contribution in [-0.2, 0) is 10.0 Å². The maximum absolute atomic E-state index is 12.1. The van der Waals surface area contributed by atoms with Gasteiger partial charge in [0.2, 0.25) is 0 Å². The van der Waals surface area contributed by atoms with Crippen LogP contribution < -0.4 is 9.57 Å². The van der Waals surface area contributed by atoms with Crippen LogP contribution in [-0.4, -0.2) is 46.3 Å². The first-order chi connectivity index (χ1) is 8.90. The second kappa shape index (κ2) is 6.54. The van der Waals surface area contributed by atoms with E-state index >= 15 is 0 Å². The predicted molar refractivity (Wildman–Crippen MR) is 71.0 cm³/mol. The van der Waals surface area contributed by atoms with Gasteiger partial charge in [-0.05, 0) is 18.2 Å². The van der Waals surface area contributed by atoms with E-state index in [4.69, 9.17) is 9.84 Å². The van der Waals surface area contributed by atoms with Crippen LogP contribution in [0, 0.1) is 11.8 Å². The lowest BCUT2D eigenvalue weighted by atomic mass is 10.2. The van der Waals surface area contributed by atoms with Crippen molar-refractivity contribution in [1.82, 2.24) is 9.84 Å². The Morgan fingerprint density at radius 2 is 2.11 bits per heavy atom. The molecule has 0 aliphatic heterocycles. The SMILES string of the molecule is COc1ccc(C#CCO)cc1S(=O)(=O)NN(C)C. The molecule has 0 heterocycles. The summed E-state index contributed by atoms with van der Waals surface area (Å²) in [6.45, 7) is -0.288. The molecule has 0 unspecified atom stereocenters. The molecule has 104 valence electrons. The second-order valence-corrected chi connectivity index (χ2v) is 5.44. The van der Waals surface area contributed by atoms with Gasteiger partial charge in [0.25, 0.3) is 10.0 Å². The van der Waals surface area contributed by atoms with Gasteiger partial charge in [0.1, 0.15) is 17.3 Å². The molecule has 0 aliphatic rings. The third-order valence-corrected chi connectivity index (χ3v) is 3.57. The van der Waals surface area contributed by atoms with Gasteiger partial charge in [-0.25, -0.2) is 13.4 Å². The number of hydrazine groups is 1. The third kappa shape index (κ3) is 4.22. The van der Waals surface area contributed by atoms with Crippen LogP contribution in [0.25, 0.3) is 0 Å². The largest absolute Gasteiger partial charge is 0.495 e. The maximum atomic E-state index is 12.1. The summed E-state index contributed by atoms with van der Waals surface area (Å²) >= 11 is 0. The molecule has 0 aromatic heterocycles. The summed E-state index contributed by atoms with van der Waals surface area (Å²) in [6.07, 6.45) is 0. The number of ether oxygens (including phenoxy) is 1. The van der Waals surface area contributed by atoms with Gasteiger partial charge in [0, 0.05) is 19.7 Å². The number of nitrogens with one attached hydrogen (secondary N) is 1. The summed E-state index contributed by atoms with van der Waals surface area (Å²) in [7, 11) is 0.801. The van der Waals surface area contributed by atoms with Crippen molar-refractivity contribution in [3.8, 4) is 17.6 Å². The number of aliphatic hydroxyl groups is 1. The fraction of sp³-hybridized carbons (Fsp3) is 0.333. The van der Waals surface area contributed by atoms with Gasteiger partial charge in [-0.3, -0.25) is 0 Å². The monoisotopic (exact) mass is 284 g/mol. The van der Waals surface area contributed by atoms with E-state index in [-0.39, 0.29) is 17.3 Å². The maximum Gasteiger partial charge on any atom is 0.257 e. The van der Waals surface area contributed by atoms with Crippen LogP contribution in [0.2, 0.25) is 0 Å². The van der Waals surface area contributed by atoms with Crippen LogP contribution in [0.3, 0.4) is 0 Å². The number of sulfonamides is 1. The van der Waals surface area contributed by atoms with E-state index in [0.29, 0.717) is 5.56 Å². The van der Waals surface area contributed by atoms with E-state index in [2.05, 4.69) is 16.7 Å². The highest BCUT2D eigenvalue weighted by molar-refractivity contribution is 7.89. The molecule has 1 aromatic rings. The normalized spacial score (nSPS) is 11.0. The molecule has 0 saturated carbocycles. The van der Waals surface area contributed by atoms with Gasteiger partial charge < -0.3 is 9.84 Å². The number of methoxy groups -OCH3 is 1. The first-order valence-corrected chi connectivity index (χ1v) is 6.86. The van der Waals surface area contributed by atoms with Crippen molar-refractivity contribution in [2.24, 2.45) is 0 Å². The quantitative estimate of drug-likeness (QED) is 0.591. The number of rotatable bonds is 4. The van der Waals surface area contributed by atoms with Gasteiger partial charge in [-0.1, -0.05) is 11.8 Å². The topological polar surface area (TPSA) is 78.9 Å². The molecule has 6 nitrogen and oxygen atoms in total. The van der Waals surface area contributed by atoms with E-state index in [9.17, 15) is 8.42 Å². The van der Waals surface area contributed by atoms with E-state index in [1.807, 2.05) is 0 Å². The van der Waals surface area contributed by atoms with Crippen LogP contribution in [0.4, 0.5) is 0 Å². The van der Waals surface area contributed by atoms with Crippen LogP contribution in [0.5, 0.6) is 5.75 Å². The Bertz CT molecular complexity index is 600. The molecule has 1 aromatic carbocycles. The van der Waals surface area contributed by atoms with E-state index in [1.165, 1.54) is 24.3 Å². The highest BCUT2D eigenvalue weighted by atomic mass is 32.2. The Kier molecular flexibility index (Phi) is 5.32. The first-order valence-electron chi connectivity index (χ1n) is 5.38. The number of aliphatic hydroxyl groups excluding tert-OH is 1. The van der Waals surface area contributed by atoms with Gasteiger partial charge in [0.15, 0.2) is 0 Å². The minimum Gasteiger partial charge on any atom is -0.495 e. The lowest BCUT2D eigenvalue weighted by Crippen LogP contribution is -2.36. The summed E-state index contributed by atoms with van der Waals surface area (Å²) < 4.78 is 29.3. The number of hydrogen-bond donors (Lipinski definition) is 2. The number of benzene rings is 1. The molecule has 7 heteroatoms. The van der Waals surface area contributed by atoms with Crippen molar-refractivity contribution in [3.05, 3.63) is 23.8 Å². The summed E-state index contributed by atoms with van der Waals surface area (Å²) in [5.41, 5.74) is 0.481. The number of hydrogen-bond acceptors (Lipinski definition) is 5. The summed E-state index contributed by atoms with van der Waals surface area (Å²) in [4.78, 5) is 2.32. The molecule has 0 radical (unpaired) electrons. The Morgan fingerprint density at radius 3 is 2.63 bits per heavy atom. The van der Waals surface area contributed by atoms with Crippen molar-refractivity contribution >= 4 is 10.0 Å². The van der Waals surface area contributed by atoms with Crippen molar-refractivity contribution in [1.29, 1.82) is 0 Å². The Hall–Kier alpha value is -1.59. The van der Waals surface area contributed by atoms with E-state index in [1.54, 1.807) is 20.2 Å². The van der Waals surface area contributed by atoms with Crippen LogP contribution in [0.1, 0.15) is 5.56 Å². The zero-order valence-electron chi connectivity index (χ0n) is 11.0. The molecule has 0 atom stereocenters. The standard InChI is InChI=1S/C12H16N2O4S/c1-14(2)13-19(16,17)12-9-10(5-4-8-15)6-7-11(12)18-3/h6-7,9,13,15H,8H2,1-3H3. The van der Waals surface area contributed by atoms with Crippen molar-refractivity contribution in [2.45, 2.75) is 4.90 Å². The Labute approximate surface area is 113 Å². The molecule has 0 bridgehead atoms. The van der Waals surface area contributed by atoms with Crippen molar-refractivity contribution in [3.63, 3.8) is 0 Å². The molecular weight excluding hydrogens is 268 g/mol. The minimum absolute atomic E-state index is 0.00607. The van der Waals surface area contributed by atoms with Gasteiger partial charge >= 0.3 is 0 Å². The molecule has 19 heavy (non-hydrogen) atoms. The average Bonchev–Trinajstić information content (AvgIpc) is 2.34. The lowest BCUT2D eigenvalue weighted by molar-refractivity contribution is 0.350. The Balaban J connectivity index is 3.30. The van der Waals surface area contributed by atoms with Gasteiger partial charge in [-0.15, -0.1) is 4.83 Å². The molecule has 0 spiro atoms. The van der Waals surface area contributed by atoms with Crippen molar-refractivity contribution in [2.75, 3.05) is 27.8 Å². The number of nitrogens with zero attached hydrogens (tertiary/aromatic N) is 1. The molecule has 1 rings (SSSR count). The van der Waals surface area contributed by atoms with Crippen molar-refractivity contribution < 1.29 is 18.3 Å². The summed E-state index contributed by atoms with van der Waals surface area (Å²) in [5, 5.41) is 9.96. The highest BCUT2D eigenvalue weighted by Crippen LogP contribution is 2.24. The molecule has 0 saturated heterocycles. The zero-order valence-corrected chi connectivity index (χ0v) is 11.8. The molecule has 2 N–H and O–H groups in total. The van der Waals surface area contributed by atoms with Gasteiger partial charge in [0.05, 0.1) is 7.11 Å². The smallest absolute Gasteiger partial charge is 0.257 e. The van der Waals surface area contributed by atoms with Crippen LogP contribution in [0.15, 0.2) is 23.1 Å². The van der Waals surface area contributed by atoms with Gasteiger partial charge in [-0.2, -0.15) is 0 Å². The lowest BCUT2D eigenvalue weighted by Gasteiger charge is -2.14. The van der Waals surface area contributed by atoms with E-state index < -0.39 is 10.0 Å². The summed E-state index contributed by atoms with van der Waals surface area (Å²) in [5.74, 6) is 5.34.